The third-order valence-corrected chi connectivity index (χ3v) is 3.32. The molecule has 3 N–H and O–H groups in total. The maximum atomic E-state index is 5.85. The Morgan fingerprint density at radius 2 is 2.29 bits per heavy atom. The number of likely N-dealkylation sites (N-methyl/N-ethyl adjacent to an activating group) is 1. The first-order valence-corrected chi connectivity index (χ1v) is 6.40. The molecule has 1 fully saturated rings. The van der Waals surface area contributed by atoms with E-state index in [2.05, 4.69) is 22.1 Å². The standard InChI is InChI=1S/C13H22N4/c1-3-17(11-4-5-11)7-6-15-13-8-12(14)10(2)9-16-13/h8-9,11H,3-7H2,1-2H3,(H3,14,15,16). The Kier molecular flexibility index (Phi) is 3.84. The van der Waals surface area contributed by atoms with Gasteiger partial charge < -0.3 is 11.1 Å². The summed E-state index contributed by atoms with van der Waals surface area (Å²) in [6.45, 7) is 7.34. The van der Waals surface area contributed by atoms with Crippen LogP contribution in [0.4, 0.5) is 11.5 Å². The molecule has 94 valence electrons. The number of nitrogens with zero attached hydrogens (tertiary/aromatic N) is 2. The Morgan fingerprint density at radius 1 is 1.53 bits per heavy atom. The van der Waals surface area contributed by atoms with E-state index in [1.165, 1.54) is 12.8 Å². The van der Waals surface area contributed by atoms with Gasteiger partial charge in [-0.15, -0.1) is 0 Å². The molecule has 1 saturated carbocycles. The number of nitrogen functional groups attached to an aromatic ring is 1. The van der Waals surface area contributed by atoms with Crippen molar-refractivity contribution in [2.45, 2.75) is 32.7 Å². The molecule has 1 aliphatic rings. The topological polar surface area (TPSA) is 54.2 Å². The molecule has 0 aromatic carbocycles. The largest absolute Gasteiger partial charge is 0.398 e. The SMILES string of the molecule is CCN(CCNc1cc(N)c(C)cn1)C1CC1. The predicted molar refractivity (Wildman–Crippen MR) is 72.1 cm³/mol. The molecule has 0 aliphatic heterocycles. The summed E-state index contributed by atoms with van der Waals surface area (Å²) < 4.78 is 0. The number of nitrogens with one attached hydrogen (secondary N) is 1. The zero-order valence-electron chi connectivity index (χ0n) is 10.7. The highest BCUT2D eigenvalue weighted by Crippen LogP contribution is 2.26. The van der Waals surface area contributed by atoms with Gasteiger partial charge in [0.2, 0.25) is 0 Å². The minimum Gasteiger partial charge on any atom is -0.398 e. The third kappa shape index (κ3) is 3.33. The van der Waals surface area contributed by atoms with Crippen molar-refractivity contribution in [3.05, 3.63) is 17.8 Å². The molecule has 1 aromatic heterocycles. The maximum absolute atomic E-state index is 5.85. The van der Waals surface area contributed by atoms with Crippen LogP contribution in [0.3, 0.4) is 0 Å². The van der Waals surface area contributed by atoms with E-state index in [-0.39, 0.29) is 0 Å². The molecule has 0 radical (unpaired) electrons. The summed E-state index contributed by atoms with van der Waals surface area (Å²) in [6, 6.07) is 2.74. The monoisotopic (exact) mass is 234 g/mol. The number of rotatable bonds is 6. The number of hydrogen-bond donors (Lipinski definition) is 2. The molecule has 0 atom stereocenters. The number of nitrogens with two attached hydrogens (primary N) is 1. The normalized spacial score (nSPS) is 15.2. The quantitative estimate of drug-likeness (QED) is 0.789. The van der Waals surface area contributed by atoms with Crippen LogP contribution < -0.4 is 11.1 Å². The van der Waals surface area contributed by atoms with Crippen LogP contribution in [0.2, 0.25) is 0 Å². The van der Waals surface area contributed by atoms with E-state index >= 15 is 0 Å². The molecule has 1 aliphatic carbocycles. The van der Waals surface area contributed by atoms with Gasteiger partial charge in [0, 0.05) is 37.1 Å². The van der Waals surface area contributed by atoms with Gasteiger partial charge in [0.25, 0.3) is 0 Å². The van der Waals surface area contributed by atoms with Crippen molar-refractivity contribution in [2.24, 2.45) is 0 Å². The average molecular weight is 234 g/mol. The number of anilines is 2. The van der Waals surface area contributed by atoms with E-state index in [0.29, 0.717) is 0 Å². The third-order valence-electron chi connectivity index (χ3n) is 3.32. The van der Waals surface area contributed by atoms with Crippen LogP contribution in [-0.2, 0) is 0 Å². The number of hydrogen-bond acceptors (Lipinski definition) is 4. The van der Waals surface area contributed by atoms with Gasteiger partial charge in [-0.2, -0.15) is 0 Å². The number of aromatic nitrogens is 1. The van der Waals surface area contributed by atoms with Crippen molar-refractivity contribution < 1.29 is 0 Å². The second kappa shape index (κ2) is 5.36. The zero-order chi connectivity index (χ0) is 12.3. The van der Waals surface area contributed by atoms with Gasteiger partial charge in [0.05, 0.1) is 0 Å². The highest BCUT2D eigenvalue weighted by atomic mass is 15.2. The maximum Gasteiger partial charge on any atom is 0.128 e. The summed E-state index contributed by atoms with van der Waals surface area (Å²) in [7, 11) is 0. The minimum absolute atomic E-state index is 0.803. The predicted octanol–water partition coefficient (Wildman–Crippen LogP) is 1.87. The lowest BCUT2D eigenvalue weighted by Gasteiger charge is -2.20. The summed E-state index contributed by atoms with van der Waals surface area (Å²) in [5.41, 5.74) is 7.68. The number of pyridine rings is 1. The van der Waals surface area contributed by atoms with Crippen LogP contribution >= 0.6 is 0 Å². The summed E-state index contributed by atoms with van der Waals surface area (Å²) >= 11 is 0. The van der Waals surface area contributed by atoms with E-state index in [4.69, 9.17) is 5.73 Å². The fourth-order valence-corrected chi connectivity index (χ4v) is 2.00. The van der Waals surface area contributed by atoms with E-state index < -0.39 is 0 Å². The van der Waals surface area contributed by atoms with Gasteiger partial charge in [-0.25, -0.2) is 4.98 Å². The zero-order valence-corrected chi connectivity index (χ0v) is 10.7. The molecule has 4 heteroatoms. The van der Waals surface area contributed by atoms with Crippen molar-refractivity contribution in [2.75, 3.05) is 30.7 Å². The van der Waals surface area contributed by atoms with Crippen LogP contribution in [0, 0.1) is 6.92 Å². The lowest BCUT2D eigenvalue weighted by molar-refractivity contribution is 0.289. The summed E-state index contributed by atoms with van der Waals surface area (Å²) in [5, 5.41) is 3.33. The lowest BCUT2D eigenvalue weighted by Crippen LogP contribution is -2.31. The Hall–Kier alpha value is -1.29. The van der Waals surface area contributed by atoms with Crippen LogP contribution in [0.15, 0.2) is 12.3 Å². The second-order valence-corrected chi connectivity index (χ2v) is 4.71. The molecule has 1 heterocycles. The van der Waals surface area contributed by atoms with Crippen LogP contribution in [0.5, 0.6) is 0 Å². The van der Waals surface area contributed by atoms with E-state index in [1.807, 2.05) is 19.2 Å². The Bertz CT molecular complexity index is 374. The molecule has 0 bridgehead atoms. The molecule has 0 saturated heterocycles. The van der Waals surface area contributed by atoms with Gasteiger partial charge in [-0.1, -0.05) is 6.92 Å². The first-order valence-electron chi connectivity index (χ1n) is 6.40. The molecule has 0 amide bonds. The molecular formula is C13H22N4. The fraction of sp³-hybridized carbons (Fsp3) is 0.615. The van der Waals surface area contributed by atoms with E-state index in [9.17, 15) is 0 Å². The summed E-state index contributed by atoms with van der Waals surface area (Å²) in [4.78, 5) is 6.83. The average Bonchev–Trinajstić information content (AvgIpc) is 3.13. The van der Waals surface area contributed by atoms with Crippen LogP contribution in [0.25, 0.3) is 0 Å². The molecule has 4 nitrogen and oxygen atoms in total. The van der Waals surface area contributed by atoms with Gasteiger partial charge in [-0.05, 0) is 31.9 Å². The van der Waals surface area contributed by atoms with Crippen LogP contribution in [-0.4, -0.2) is 35.6 Å². The van der Waals surface area contributed by atoms with Crippen molar-refractivity contribution in [1.82, 2.24) is 9.88 Å². The fourth-order valence-electron chi connectivity index (χ4n) is 2.00. The molecule has 1 aromatic rings. The minimum atomic E-state index is 0.803. The van der Waals surface area contributed by atoms with Gasteiger partial charge in [0.1, 0.15) is 5.82 Å². The first kappa shape index (κ1) is 12.2. The Morgan fingerprint density at radius 3 is 2.88 bits per heavy atom. The van der Waals surface area contributed by atoms with E-state index in [1.54, 1.807) is 0 Å². The first-order chi connectivity index (χ1) is 8.20. The van der Waals surface area contributed by atoms with Crippen molar-refractivity contribution in [3.63, 3.8) is 0 Å². The molecule has 2 rings (SSSR count). The highest BCUT2D eigenvalue weighted by Gasteiger charge is 2.27. The van der Waals surface area contributed by atoms with E-state index in [0.717, 1.165) is 42.7 Å². The molecular weight excluding hydrogens is 212 g/mol. The molecule has 17 heavy (non-hydrogen) atoms. The summed E-state index contributed by atoms with van der Waals surface area (Å²) in [6.07, 6.45) is 4.54. The van der Waals surface area contributed by atoms with Crippen molar-refractivity contribution >= 4 is 11.5 Å². The van der Waals surface area contributed by atoms with Crippen LogP contribution in [0.1, 0.15) is 25.3 Å². The van der Waals surface area contributed by atoms with Crippen molar-refractivity contribution in [3.8, 4) is 0 Å². The lowest BCUT2D eigenvalue weighted by atomic mass is 10.2. The van der Waals surface area contributed by atoms with Gasteiger partial charge in [-0.3, -0.25) is 4.90 Å². The van der Waals surface area contributed by atoms with Gasteiger partial charge >= 0.3 is 0 Å². The Balaban J connectivity index is 1.78. The Labute approximate surface area is 103 Å². The summed E-state index contributed by atoms with van der Waals surface area (Å²) in [5.74, 6) is 0.875. The number of aryl methyl sites for hydroxylation is 1. The smallest absolute Gasteiger partial charge is 0.128 e. The second-order valence-electron chi connectivity index (χ2n) is 4.71. The molecule has 0 spiro atoms. The van der Waals surface area contributed by atoms with Crippen molar-refractivity contribution in [1.29, 1.82) is 0 Å². The highest BCUT2D eigenvalue weighted by molar-refractivity contribution is 5.53. The molecule has 0 unspecified atom stereocenters. The van der Waals surface area contributed by atoms with Gasteiger partial charge in [0.15, 0.2) is 0 Å².